The number of aliphatic carboxylic acids is 1. The first-order chi connectivity index (χ1) is 9.13. The fraction of sp³-hybridized carbons (Fsp3) is 0.462. The molecule has 1 N–H and O–H groups in total. The van der Waals surface area contributed by atoms with E-state index in [2.05, 4.69) is 0 Å². The molecule has 0 aromatic heterocycles. The van der Waals surface area contributed by atoms with Crippen LogP contribution in [0.1, 0.15) is 18.4 Å². The van der Waals surface area contributed by atoms with Crippen molar-refractivity contribution in [3.05, 3.63) is 17.4 Å². The van der Waals surface area contributed by atoms with Crippen LogP contribution in [0.4, 0.5) is 4.39 Å². The Bertz CT molecular complexity index is 486. The Morgan fingerprint density at radius 2 is 2.21 bits per heavy atom. The van der Waals surface area contributed by atoms with Crippen LogP contribution >= 0.6 is 0 Å². The summed E-state index contributed by atoms with van der Waals surface area (Å²) in [4.78, 5) is 10.5. The number of carboxylic acids is 1. The monoisotopic (exact) mass is 270 g/mol. The number of carboxylic acid groups (broad SMARTS) is 1. The van der Waals surface area contributed by atoms with Crippen LogP contribution in [-0.4, -0.2) is 31.4 Å². The highest BCUT2D eigenvalue weighted by atomic mass is 19.1. The minimum atomic E-state index is -0.878. The van der Waals surface area contributed by atoms with E-state index in [1.165, 1.54) is 7.11 Å². The Labute approximate surface area is 109 Å². The summed E-state index contributed by atoms with van der Waals surface area (Å²) in [5.41, 5.74) is 0.588. The van der Waals surface area contributed by atoms with Crippen molar-refractivity contribution < 1.29 is 28.5 Å². The Hall–Kier alpha value is -1.98. The Morgan fingerprint density at radius 3 is 2.89 bits per heavy atom. The lowest BCUT2D eigenvalue weighted by Gasteiger charge is -2.21. The number of rotatable bonds is 5. The molecular formula is C13H15FO5. The van der Waals surface area contributed by atoms with Crippen molar-refractivity contribution in [2.75, 3.05) is 20.3 Å². The number of carbonyl (C=O) groups is 1. The van der Waals surface area contributed by atoms with Gasteiger partial charge in [-0.3, -0.25) is 4.79 Å². The average molecular weight is 270 g/mol. The normalized spacial score (nSPS) is 13.2. The number of aryl methyl sites for hydroxylation is 1. The summed E-state index contributed by atoms with van der Waals surface area (Å²) >= 11 is 0. The van der Waals surface area contributed by atoms with Crippen molar-refractivity contribution in [2.24, 2.45) is 0 Å². The molecule has 0 bridgehead atoms. The molecule has 0 amide bonds. The Morgan fingerprint density at radius 1 is 1.47 bits per heavy atom. The third-order valence-electron chi connectivity index (χ3n) is 2.85. The summed E-state index contributed by atoms with van der Waals surface area (Å²) < 4.78 is 29.8. The third kappa shape index (κ3) is 2.89. The largest absolute Gasteiger partial charge is 0.493 e. The average Bonchev–Trinajstić information content (AvgIpc) is 2.39. The molecule has 1 heterocycles. The van der Waals surface area contributed by atoms with Gasteiger partial charge < -0.3 is 19.3 Å². The summed E-state index contributed by atoms with van der Waals surface area (Å²) in [6, 6.07) is 1.65. The molecule has 2 rings (SSSR count). The maximum atomic E-state index is 14.2. The smallest absolute Gasteiger partial charge is 0.303 e. The lowest BCUT2D eigenvalue weighted by Crippen LogP contribution is -2.17. The van der Waals surface area contributed by atoms with E-state index >= 15 is 0 Å². The van der Waals surface area contributed by atoms with Crippen molar-refractivity contribution in [3.8, 4) is 17.2 Å². The maximum Gasteiger partial charge on any atom is 0.303 e. The number of ether oxygens (including phenoxy) is 3. The quantitative estimate of drug-likeness (QED) is 0.886. The lowest BCUT2D eigenvalue weighted by atomic mass is 10.1. The van der Waals surface area contributed by atoms with E-state index < -0.39 is 11.8 Å². The second-order valence-corrected chi connectivity index (χ2v) is 4.15. The van der Waals surface area contributed by atoms with Crippen LogP contribution in [0, 0.1) is 5.82 Å². The summed E-state index contributed by atoms with van der Waals surface area (Å²) in [7, 11) is 1.37. The molecule has 1 aliphatic heterocycles. The van der Waals surface area contributed by atoms with Gasteiger partial charge in [0.25, 0.3) is 0 Å². The number of benzene rings is 1. The van der Waals surface area contributed by atoms with E-state index in [1.807, 2.05) is 0 Å². The zero-order chi connectivity index (χ0) is 13.8. The van der Waals surface area contributed by atoms with Crippen LogP contribution in [0.3, 0.4) is 0 Å². The number of hydrogen-bond acceptors (Lipinski definition) is 4. The van der Waals surface area contributed by atoms with Crippen molar-refractivity contribution in [1.82, 2.24) is 0 Å². The molecule has 104 valence electrons. The molecule has 0 saturated carbocycles. The summed E-state index contributed by atoms with van der Waals surface area (Å²) in [6.45, 7) is 0.665. The van der Waals surface area contributed by atoms with Crippen LogP contribution < -0.4 is 14.2 Å². The van der Waals surface area contributed by atoms with Crippen LogP contribution in [0.15, 0.2) is 6.07 Å². The molecule has 5 nitrogen and oxygen atoms in total. The lowest BCUT2D eigenvalue weighted by molar-refractivity contribution is -0.137. The summed E-state index contributed by atoms with van der Waals surface area (Å²) in [6.07, 6.45) is 0.840. The molecule has 0 saturated heterocycles. The second-order valence-electron chi connectivity index (χ2n) is 4.15. The SMILES string of the molecule is COc1c(CCCC(=O)O)cc2c(c1F)OCCO2. The van der Waals surface area contributed by atoms with Gasteiger partial charge in [0.1, 0.15) is 13.2 Å². The third-order valence-corrected chi connectivity index (χ3v) is 2.85. The minimum Gasteiger partial charge on any atom is -0.493 e. The molecule has 0 radical (unpaired) electrons. The zero-order valence-electron chi connectivity index (χ0n) is 10.6. The molecule has 19 heavy (non-hydrogen) atoms. The first kappa shape index (κ1) is 13.5. The summed E-state index contributed by atoms with van der Waals surface area (Å²) in [5, 5.41) is 8.61. The highest BCUT2D eigenvalue weighted by Gasteiger charge is 2.23. The van der Waals surface area contributed by atoms with Gasteiger partial charge in [-0.25, -0.2) is 0 Å². The number of hydrogen-bond donors (Lipinski definition) is 1. The van der Waals surface area contributed by atoms with E-state index in [4.69, 9.17) is 19.3 Å². The molecule has 1 aromatic carbocycles. The summed E-state index contributed by atoms with van der Waals surface area (Å²) in [5.74, 6) is -0.975. The van der Waals surface area contributed by atoms with Crippen molar-refractivity contribution in [2.45, 2.75) is 19.3 Å². The molecule has 1 aromatic rings. The molecule has 0 fully saturated rings. The maximum absolute atomic E-state index is 14.2. The van der Waals surface area contributed by atoms with Gasteiger partial charge in [-0.1, -0.05) is 0 Å². The van der Waals surface area contributed by atoms with Crippen LogP contribution in [-0.2, 0) is 11.2 Å². The van der Waals surface area contributed by atoms with Crippen LogP contribution in [0.5, 0.6) is 17.2 Å². The zero-order valence-corrected chi connectivity index (χ0v) is 10.6. The fourth-order valence-electron chi connectivity index (χ4n) is 2.02. The molecule has 6 heteroatoms. The first-order valence-corrected chi connectivity index (χ1v) is 6.00. The van der Waals surface area contributed by atoms with Crippen LogP contribution in [0.25, 0.3) is 0 Å². The van der Waals surface area contributed by atoms with Gasteiger partial charge in [-0.05, 0) is 18.9 Å². The van der Waals surface area contributed by atoms with Gasteiger partial charge in [-0.2, -0.15) is 4.39 Å². The highest BCUT2D eigenvalue weighted by Crippen LogP contribution is 2.41. The van der Waals surface area contributed by atoms with Crippen molar-refractivity contribution >= 4 is 5.97 Å². The number of fused-ring (bicyclic) bond motifs is 1. The van der Waals surface area contributed by atoms with Gasteiger partial charge in [0.15, 0.2) is 11.5 Å². The van der Waals surface area contributed by atoms with Gasteiger partial charge in [-0.15, -0.1) is 0 Å². The van der Waals surface area contributed by atoms with Crippen molar-refractivity contribution in [3.63, 3.8) is 0 Å². The standard InChI is InChI=1S/C13H15FO5/c1-17-12-8(3-2-4-10(15)16)7-9-13(11(12)14)19-6-5-18-9/h7H,2-6H2,1H3,(H,15,16). The van der Waals surface area contributed by atoms with Gasteiger partial charge in [0.05, 0.1) is 7.11 Å². The van der Waals surface area contributed by atoms with Gasteiger partial charge in [0, 0.05) is 12.0 Å². The number of methoxy groups -OCH3 is 1. The molecule has 0 atom stereocenters. The molecule has 1 aliphatic rings. The molecular weight excluding hydrogens is 255 g/mol. The van der Waals surface area contributed by atoms with E-state index in [0.717, 1.165) is 0 Å². The predicted octanol–water partition coefficient (Wildman–Crippen LogP) is 2.01. The molecule has 0 aliphatic carbocycles. The van der Waals surface area contributed by atoms with Gasteiger partial charge in [0.2, 0.25) is 11.6 Å². The Kier molecular flexibility index (Phi) is 4.09. The topological polar surface area (TPSA) is 65.0 Å². The highest BCUT2D eigenvalue weighted by molar-refractivity contribution is 5.66. The van der Waals surface area contributed by atoms with E-state index in [1.54, 1.807) is 6.07 Å². The first-order valence-electron chi connectivity index (χ1n) is 6.00. The van der Waals surface area contributed by atoms with E-state index in [-0.39, 0.29) is 17.9 Å². The van der Waals surface area contributed by atoms with E-state index in [0.29, 0.717) is 37.4 Å². The molecule has 0 spiro atoms. The predicted molar refractivity (Wildman–Crippen MR) is 64.5 cm³/mol. The number of halogens is 1. The fourth-order valence-corrected chi connectivity index (χ4v) is 2.02. The van der Waals surface area contributed by atoms with Crippen LogP contribution in [0.2, 0.25) is 0 Å². The van der Waals surface area contributed by atoms with E-state index in [9.17, 15) is 9.18 Å². The van der Waals surface area contributed by atoms with Gasteiger partial charge >= 0.3 is 5.97 Å². The second kappa shape index (κ2) is 5.77. The Balaban J connectivity index is 2.26. The minimum absolute atomic E-state index is 0.0270. The van der Waals surface area contributed by atoms with Crippen molar-refractivity contribution in [1.29, 1.82) is 0 Å². The molecule has 0 unspecified atom stereocenters.